The predicted molar refractivity (Wildman–Crippen MR) is 48.5 cm³/mol. The highest BCUT2D eigenvalue weighted by Crippen LogP contribution is 2.41. The lowest BCUT2D eigenvalue weighted by Gasteiger charge is -2.31. The number of hydrogen-bond donors (Lipinski definition) is 0. The fourth-order valence-electron chi connectivity index (χ4n) is 2.81. The fraction of sp³-hybridized carbons (Fsp3) is 0.700. The molecule has 2 unspecified atom stereocenters. The molecule has 0 N–H and O–H groups in total. The fourth-order valence-corrected chi connectivity index (χ4v) is 2.81. The van der Waals surface area contributed by atoms with E-state index in [9.17, 15) is 0 Å². The van der Waals surface area contributed by atoms with Gasteiger partial charge in [0, 0.05) is 18.0 Å². The van der Waals surface area contributed by atoms with Crippen molar-refractivity contribution >= 4 is 0 Å². The molecule has 2 bridgehead atoms. The van der Waals surface area contributed by atoms with E-state index >= 15 is 0 Å². The van der Waals surface area contributed by atoms with E-state index < -0.39 is 0 Å². The van der Waals surface area contributed by atoms with Crippen LogP contribution in [0.25, 0.3) is 0 Å². The molecular formula is C10H14N2O. The molecule has 3 heteroatoms. The zero-order valence-corrected chi connectivity index (χ0v) is 7.70. The van der Waals surface area contributed by atoms with Gasteiger partial charge in [-0.1, -0.05) is 5.16 Å². The van der Waals surface area contributed by atoms with Crippen molar-refractivity contribution in [2.75, 3.05) is 19.6 Å². The normalized spacial score (nSPS) is 38.0. The van der Waals surface area contributed by atoms with Crippen molar-refractivity contribution in [3.8, 4) is 0 Å². The Kier molecular flexibility index (Phi) is 1.50. The summed E-state index contributed by atoms with van der Waals surface area (Å²) in [5.41, 5.74) is 0.314. The Morgan fingerprint density at radius 2 is 2.38 bits per heavy atom. The molecule has 2 saturated heterocycles. The largest absolute Gasteiger partial charge is 0.361 e. The minimum atomic E-state index is 0.314. The van der Waals surface area contributed by atoms with Crippen LogP contribution in [-0.2, 0) is 5.41 Å². The van der Waals surface area contributed by atoms with E-state index in [1.807, 2.05) is 6.07 Å². The first-order valence-electron chi connectivity index (χ1n) is 5.03. The van der Waals surface area contributed by atoms with Crippen LogP contribution in [0.15, 0.2) is 16.8 Å². The predicted octanol–water partition coefficient (Wildman–Crippen LogP) is 1.41. The number of piperidine rings is 1. The maximum absolute atomic E-state index is 5.32. The van der Waals surface area contributed by atoms with Gasteiger partial charge in [0.15, 0.2) is 0 Å². The Bertz CT molecular complexity index is 292. The first kappa shape index (κ1) is 7.56. The smallest absolute Gasteiger partial charge is 0.144 e. The SMILES string of the molecule is c1cc(C23CCCN(CC2)C3)on1. The Morgan fingerprint density at radius 3 is 3.23 bits per heavy atom. The Labute approximate surface area is 77.7 Å². The standard InChI is InChI=1S/C10H14N2O/c1-3-10(9-2-5-11-13-9)4-7-12(6-1)8-10/h2,5H,1,3-4,6-8H2. The highest BCUT2D eigenvalue weighted by atomic mass is 16.5. The first-order valence-corrected chi connectivity index (χ1v) is 5.03. The Hall–Kier alpha value is -0.830. The van der Waals surface area contributed by atoms with Gasteiger partial charge in [-0.05, 0) is 32.4 Å². The summed E-state index contributed by atoms with van der Waals surface area (Å²) in [6.07, 6.45) is 5.60. The number of aromatic nitrogens is 1. The monoisotopic (exact) mass is 178 g/mol. The molecule has 3 nitrogen and oxygen atoms in total. The summed E-state index contributed by atoms with van der Waals surface area (Å²) < 4.78 is 5.32. The van der Waals surface area contributed by atoms with Crippen molar-refractivity contribution in [3.05, 3.63) is 18.0 Å². The van der Waals surface area contributed by atoms with Gasteiger partial charge in [0.25, 0.3) is 0 Å². The molecule has 1 aromatic rings. The van der Waals surface area contributed by atoms with E-state index in [1.54, 1.807) is 6.20 Å². The number of hydrogen-bond acceptors (Lipinski definition) is 3. The zero-order valence-electron chi connectivity index (χ0n) is 7.70. The van der Waals surface area contributed by atoms with Crippen molar-refractivity contribution < 1.29 is 4.52 Å². The van der Waals surface area contributed by atoms with Crippen LogP contribution in [0.1, 0.15) is 25.0 Å². The minimum absolute atomic E-state index is 0.314. The van der Waals surface area contributed by atoms with Crippen LogP contribution < -0.4 is 0 Å². The van der Waals surface area contributed by atoms with Gasteiger partial charge in [0.1, 0.15) is 5.76 Å². The molecule has 70 valence electrons. The summed E-state index contributed by atoms with van der Waals surface area (Å²) in [5, 5.41) is 3.82. The van der Waals surface area contributed by atoms with Crippen LogP contribution >= 0.6 is 0 Å². The van der Waals surface area contributed by atoms with Gasteiger partial charge >= 0.3 is 0 Å². The van der Waals surface area contributed by atoms with Crippen molar-refractivity contribution in [1.82, 2.24) is 10.1 Å². The maximum atomic E-state index is 5.32. The zero-order chi connectivity index (χ0) is 8.73. The van der Waals surface area contributed by atoms with Crippen LogP contribution in [-0.4, -0.2) is 29.7 Å². The molecule has 0 amide bonds. The number of fused-ring (bicyclic) bond motifs is 2. The Balaban J connectivity index is 1.97. The van der Waals surface area contributed by atoms with E-state index in [2.05, 4.69) is 10.1 Å². The second kappa shape index (κ2) is 2.58. The highest BCUT2D eigenvalue weighted by molar-refractivity contribution is 5.17. The second-order valence-electron chi connectivity index (χ2n) is 4.29. The lowest BCUT2D eigenvalue weighted by molar-refractivity contribution is 0.207. The average Bonchev–Trinajstić information content (AvgIpc) is 2.75. The quantitative estimate of drug-likeness (QED) is 0.651. The van der Waals surface area contributed by atoms with Gasteiger partial charge in [-0.3, -0.25) is 0 Å². The topological polar surface area (TPSA) is 29.3 Å². The molecule has 0 saturated carbocycles. The first-order chi connectivity index (χ1) is 6.39. The van der Waals surface area contributed by atoms with Crippen LogP contribution in [0, 0.1) is 0 Å². The number of nitrogens with zero attached hydrogens (tertiary/aromatic N) is 2. The lowest BCUT2D eigenvalue weighted by Crippen LogP contribution is -2.36. The molecule has 0 radical (unpaired) electrons. The molecule has 3 heterocycles. The lowest BCUT2D eigenvalue weighted by atomic mass is 9.79. The summed E-state index contributed by atoms with van der Waals surface area (Å²) in [4.78, 5) is 2.53. The molecule has 2 aliphatic rings. The van der Waals surface area contributed by atoms with Crippen molar-refractivity contribution in [2.24, 2.45) is 0 Å². The summed E-state index contributed by atoms with van der Waals surface area (Å²) in [6, 6.07) is 2.04. The molecule has 2 aliphatic heterocycles. The molecule has 2 atom stereocenters. The van der Waals surface area contributed by atoms with Gasteiger partial charge in [-0.15, -0.1) is 0 Å². The van der Waals surface area contributed by atoms with E-state index in [0.717, 1.165) is 5.76 Å². The van der Waals surface area contributed by atoms with Crippen molar-refractivity contribution in [3.63, 3.8) is 0 Å². The van der Waals surface area contributed by atoms with Crippen LogP contribution in [0.2, 0.25) is 0 Å². The van der Waals surface area contributed by atoms with Crippen LogP contribution in [0.4, 0.5) is 0 Å². The third kappa shape index (κ3) is 1.03. The minimum Gasteiger partial charge on any atom is -0.361 e. The summed E-state index contributed by atoms with van der Waals surface area (Å²) in [5.74, 6) is 1.11. The molecule has 3 rings (SSSR count). The maximum Gasteiger partial charge on any atom is 0.144 e. The number of rotatable bonds is 1. The van der Waals surface area contributed by atoms with Gasteiger partial charge in [-0.25, -0.2) is 0 Å². The van der Waals surface area contributed by atoms with Gasteiger partial charge in [-0.2, -0.15) is 0 Å². The third-order valence-electron chi connectivity index (χ3n) is 3.52. The Morgan fingerprint density at radius 1 is 1.38 bits per heavy atom. The van der Waals surface area contributed by atoms with E-state index in [1.165, 1.54) is 38.9 Å². The molecule has 1 aromatic heterocycles. The van der Waals surface area contributed by atoms with Gasteiger partial charge < -0.3 is 9.42 Å². The van der Waals surface area contributed by atoms with E-state index in [-0.39, 0.29) is 0 Å². The molecular weight excluding hydrogens is 164 g/mol. The van der Waals surface area contributed by atoms with Crippen LogP contribution in [0.3, 0.4) is 0 Å². The summed E-state index contributed by atoms with van der Waals surface area (Å²) >= 11 is 0. The van der Waals surface area contributed by atoms with Gasteiger partial charge in [0.05, 0.1) is 6.20 Å². The van der Waals surface area contributed by atoms with Crippen molar-refractivity contribution in [2.45, 2.75) is 24.7 Å². The average molecular weight is 178 g/mol. The molecule has 0 aromatic carbocycles. The summed E-state index contributed by atoms with van der Waals surface area (Å²) in [6.45, 7) is 3.69. The molecule has 13 heavy (non-hydrogen) atoms. The summed E-state index contributed by atoms with van der Waals surface area (Å²) in [7, 11) is 0. The molecule has 0 aliphatic carbocycles. The van der Waals surface area contributed by atoms with E-state index in [4.69, 9.17) is 4.52 Å². The third-order valence-corrected chi connectivity index (χ3v) is 3.52. The van der Waals surface area contributed by atoms with E-state index in [0.29, 0.717) is 5.41 Å². The van der Waals surface area contributed by atoms with Gasteiger partial charge in [0.2, 0.25) is 0 Å². The molecule has 2 fully saturated rings. The van der Waals surface area contributed by atoms with Crippen molar-refractivity contribution in [1.29, 1.82) is 0 Å². The second-order valence-corrected chi connectivity index (χ2v) is 4.29. The molecule has 0 spiro atoms. The van der Waals surface area contributed by atoms with Crippen LogP contribution in [0.5, 0.6) is 0 Å². The highest BCUT2D eigenvalue weighted by Gasteiger charge is 2.44.